The molecule has 0 unspecified atom stereocenters. The van der Waals surface area contributed by atoms with E-state index in [1.165, 1.54) is 11.1 Å². The Morgan fingerprint density at radius 3 is 2.83 bits per heavy atom. The second kappa shape index (κ2) is 7.75. The summed E-state index contributed by atoms with van der Waals surface area (Å²) in [6.45, 7) is 2.69. The van der Waals surface area contributed by atoms with Crippen LogP contribution in [0.4, 0.5) is 0 Å². The molecule has 3 rings (SSSR count). The largest absolute Gasteiger partial charge is 0.395 e. The Bertz CT molecular complexity index is 582. The normalized spacial score (nSPS) is 21.4. The number of likely N-dealkylation sites (tertiary alicyclic amines) is 1. The van der Waals surface area contributed by atoms with Gasteiger partial charge in [0.05, 0.1) is 6.61 Å². The second-order valence-electron chi connectivity index (χ2n) is 6.52. The van der Waals surface area contributed by atoms with Gasteiger partial charge in [0.1, 0.15) is 0 Å². The molecule has 1 saturated heterocycles. The van der Waals surface area contributed by atoms with E-state index in [0.717, 1.165) is 50.8 Å². The van der Waals surface area contributed by atoms with Crippen LogP contribution >= 0.6 is 0 Å². The predicted molar refractivity (Wildman–Crippen MR) is 90.7 cm³/mol. The topological polar surface area (TPSA) is 52.6 Å². The molecule has 1 aromatic rings. The standard InChI is InChI=1S/C19H26N2O2/c22-14-18-10-5-11-21(18)13-17-9-4-3-8-16(17)12-20-19(23)15-6-1-2-7-15/h3-4,6,8-9,18,22H,1-2,5,7,10-14H2,(H,20,23)/t18-/m1/s1. The maximum Gasteiger partial charge on any atom is 0.247 e. The van der Waals surface area contributed by atoms with Crippen LogP contribution < -0.4 is 5.32 Å². The molecule has 1 aromatic carbocycles. The predicted octanol–water partition coefficient (Wildman–Crippen LogP) is 2.37. The zero-order valence-electron chi connectivity index (χ0n) is 13.6. The van der Waals surface area contributed by atoms with E-state index in [9.17, 15) is 9.90 Å². The van der Waals surface area contributed by atoms with Gasteiger partial charge < -0.3 is 10.4 Å². The van der Waals surface area contributed by atoms with Crippen LogP contribution in [-0.4, -0.2) is 35.1 Å². The summed E-state index contributed by atoms with van der Waals surface area (Å²) in [5.74, 6) is 0.0757. The van der Waals surface area contributed by atoms with E-state index in [0.29, 0.717) is 6.54 Å². The van der Waals surface area contributed by atoms with Crippen molar-refractivity contribution < 1.29 is 9.90 Å². The number of carbonyl (C=O) groups excluding carboxylic acids is 1. The van der Waals surface area contributed by atoms with E-state index >= 15 is 0 Å². The van der Waals surface area contributed by atoms with E-state index in [4.69, 9.17) is 0 Å². The van der Waals surface area contributed by atoms with Crippen LogP contribution in [-0.2, 0) is 17.9 Å². The van der Waals surface area contributed by atoms with Gasteiger partial charge in [-0.25, -0.2) is 0 Å². The Morgan fingerprint density at radius 1 is 1.26 bits per heavy atom. The fraction of sp³-hybridized carbons (Fsp3) is 0.526. The van der Waals surface area contributed by atoms with Crippen LogP contribution in [0.25, 0.3) is 0 Å². The van der Waals surface area contributed by atoms with Gasteiger partial charge in [0.2, 0.25) is 5.91 Å². The summed E-state index contributed by atoms with van der Waals surface area (Å²) in [7, 11) is 0. The number of aliphatic hydroxyl groups excluding tert-OH is 1. The van der Waals surface area contributed by atoms with Crippen molar-refractivity contribution in [1.29, 1.82) is 0 Å². The minimum absolute atomic E-state index is 0.0757. The van der Waals surface area contributed by atoms with Gasteiger partial charge in [-0.2, -0.15) is 0 Å². The van der Waals surface area contributed by atoms with Crippen molar-refractivity contribution in [3.05, 3.63) is 47.0 Å². The minimum Gasteiger partial charge on any atom is -0.395 e. The second-order valence-corrected chi connectivity index (χ2v) is 6.52. The molecule has 2 N–H and O–H groups in total. The summed E-state index contributed by atoms with van der Waals surface area (Å²) < 4.78 is 0. The first-order valence-electron chi connectivity index (χ1n) is 8.67. The molecule has 0 aromatic heterocycles. The highest BCUT2D eigenvalue weighted by Crippen LogP contribution is 2.22. The highest BCUT2D eigenvalue weighted by atomic mass is 16.3. The van der Waals surface area contributed by atoms with E-state index in [-0.39, 0.29) is 18.6 Å². The Morgan fingerprint density at radius 2 is 2.09 bits per heavy atom. The summed E-state index contributed by atoms with van der Waals surface area (Å²) in [6, 6.07) is 8.56. The number of rotatable bonds is 6. The molecular weight excluding hydrogens is 288 g/mol. The molecule has 1 heterocycles. The number of nitrogens with one attached hydrogen (secondary N) is 1. The molecule has 1 atom stereocenters. The van der Waals surface area contributed by atoms with Gasteiger partial charge >= 0.3 is 0 Å². The van der Waals surface area contributed by atoms with Gasteiger partial charge in [-0.1, -0.05) is 30.3 Å². The number of carbonyl (C=O) groups is 1. The van der Waals surface area contributed by atoms with Crippen molar-refractivity contribution in [2.75, 3.05) is 13.2 Å². The molecule has 0 saturated carbocycles. The Kier molecular flexibility index (Phi) is 5.47. The monoisotopic (exact) mass is 314 g/mol. The number of amides is 1. The first-order valence-corrected chi connectivity index (χ1v) is 8.67. The quantitative estimate of drug-likeness (QED) is 0.847. The van der Waals surface area contributed by atoms with Crippen molar-refractivity contribution in [1.82, 2.24) is 10.2 Å². The number of benzene rings is 1. The van der Waals surface area contributed by atoms with Crippen LogP contribution in [0.5, 0.6) is 0 Å². The number of allylic oxidation sites excluding steroid dienone is 1. The molecule has 4 nitrogen and oxygen atoms in total. The fourth-order valence-corrected chi connectivity index (χ4v) is 3.58. The third-order valence-corrected chi connectivity index (χ3v) is 4.97. The molecule has 1 aliphatic heterocycles. The minimum atomic E-state index is 0.0757. The Balaban J connectivity index is 1.62. The van der Waals surface area contributed by atoms with Gasteiger partial charge in [0.15, 0.2) is 0 Å². The molecule has 2 aliphatic rings. The zero-order valence-corrected chi connectivity index (χ0v) is 13.6. The van der Waals surface area contributed by atoms with Gasteiger partial charge in [-0.3, -0.25) is 9.69 Å². The first kappa shape index (κ1) is 16.2. The van der Waals surface area contributed by atoms with Crippen LogP contribution in [0.1, 0.15) is 43.2 Å². The van der Waals surface area contributed by atoms with E-state index < -0.39 is 0 Å². The maximum absolute atomic E-state index is 12.1. The van der Waals surface area contributed by atoms with Crippen LogP contribution in [0, 0.1) is 0 Å². The third-order valence-electron chi connectivity index (χ3n) is 4.97. The van der Waals surface area contributed by atoms with Crippen molar-refractivity contribution >= 4 is 5.91 Å². The van der Waals surface area contributed by atoms with Crippen molar-refractivity contribution in [2.45, 2.75) is 51.2 Å². The van der Waals surface area contributed by atoms with Gasteiger partial charge in [0.25, 0.3) is 0 Å². The van der Waals surface area contributed by atoms with E-state index in [2.05, 4.69) is 28.4 Å². The number of nitrogens with zero attached hydrogens (tertiary/aromatic N) is 1. The zero-order chi connectivity index (χ0) is 16.1. The summed E-state index contributed by atoms with van der Waals surface area (Å²) >= 11 is 0. The SMILES string of the molecule is O=C(NCc1ccccc1CN1CCC[C@@H]1CO)C1=CCCC1. The average molecular weight is 314 g/mol. The molecular formula is C19H26N2O2. The fourth-order valence-electron chi connectivity index (χ4n) is 3.58. The Hall–Kier alpha value is -1.65. The molecule has 1 aliphatic carbocycles. The maximum atomic E-state index is 12.1. The van der Waals surface area contributed by atoms with Gasteiger partial charge in [-0.05, 0) is 49.8 Å². The average Bonchev–Trinajstić information content (AvgIpc) is 3.25. The van der Waals surface area contributed by atoms with Crippen LogP contribution in [0.3, 0.4) is 0 Å². The summed E-state index contributed by atoms with van der Waals surface area (Å²) in [6.07, 6.45) is 7.30. The van der Waals surface area contributed by atoms with Crippen molar-refractivity contribution in [2.24, 2.45) is 0 Å². The van der Waals surface area contributed by atoms with E-state index in [1.54, 1.807) is 0 Å². The number of hydrogen-bond donors (Lipinski definition) is 2. The Labute approximate surface area is 138 Å². The summed E-state index contributed by atoms with van der Waals surface area (Å²) in [5, 5.41) is 12.5. The lowest BCUT2D eigenvalue weighted by Crippen LogP contribution is -2.32. The van der Waals surface area contributed by atoms with Crippen molar-refractivity contribution in [3.8, 4) is 0 Å². The molecule has 4 heteroatoms. The van der Waals surface area contributed by atoms with Gasteiger partial charge in [0, 0.05) is 24.7 Å². The molecule has 124 valence electrons. The molecule has 1 fully saturated rings. The summed E-state index contributed by atoms with van der Waals surface area (Å²) in [5.41, 5.74) is 3.35. The first-order chi connectivity index (χ1) is 11.3. The number of hydrogen-bond acceptors (Lipinski definition) is 3. The highest BCUT2D eigenvalue weighted by molar-refractivity contribution is 5.93. The van der Waals surface area contributed by atoms with E-state index in [1.807, 2.05) is 12.1 Å². The molecule has 0 bridgehead atoms. The molecule has 0 spiro atoms. The molecule has 1 amide bonds. The molecule has 23 heavy (non-hydrogen) atoms. The van der Waals surface area contributed by atoms with Crippen LogP contribution in [0.2, 0.25) is 0 Å². The number of aliphatic hydroxyl groups is 1. The third kappa shape index (κ3) is 4.01. The lowest BCUT2D eigenvalue weighted by atomic mass is 10.1. The smallest absolute Gasteiger partial charge is 0.247 e. The van der Waals surface area contributed by atoms with Crippen molar-refractivity contribution in [3.63, 3.8) is 0 Å². The molecule has 0 radical (unpaired) electrons. The lowest BCUT2D eigenvalue weighted by Gasteiger charge is -2.24. The van der Waals surface area contributed by atoms with Crippen LogP contribution in [0.15, 0.2) is 35.9 Å². The highest BCUT2D eigenvalue weighted by Gasteiger charge is 2.24. The van der Waals surface area contributed by atoms with Gasteiger partial charge in [-0.15, -0.1) is 0 Å². The summed E-state index contributed by atoms with van der Waals surface area (Å²) in [4.78, 5) is 14.5. The lowest BCUT2D eigenvalue weighted by molar-refractivity contribution is -0.117.